The van der Waals surface area contributed by atoms with E-state index in [1.807, 2.05) is 55.7 Å². The fourth-order valence-corrected chi connectivity index (χ4v) is 3.11. The molecule has 0 unspecified atom stereocenters. The fourth-order valence-electron chi connectivity index (χ4n) is 3.11. The van der Waals surface area contributed by atoms with Crippen molar-refractivity contribution in [1.82, 2.24) is 19.4 Å². The van der Waals surface area contributed by atoms with Crippen LogP contribution in [0.4, 0.5) is 0 Å². The van der Waals surface area contributed by atoms with E-state index in [2.05, 4.69) is 10.3 Å². The van der Waals surface area contributed by atoms with Crippen LogP contribution in [0.3, 0.4) is 0 Å². The molecule has 0 saturated heterocycles. The Morgan fingerprint density at radius 3 is 2.62 bits per heavy atom. The molecule has 0 aliphatic heterocycles. The van der Waals surface area contributed by atoms with Crippen LogP contribution < -0.4 is 10.9 Å². The molecular formula is C20H24N4O2. The number of nitrogens with one attached hydrogen (secondary N) is 1. The Kier molecular flexibility index (Phi) is 5.21. The van der Waals surface area contributed by atoms with Gasteiger partial charge in [0.25, 0.3) is 5.56 Å². The molecule has 3 rings (SSSR count). The Morgan fingerprint density at radius 1 is 1.19 bits per heavy atom. The summed E-state index contributed by atoms with van der Waals surface area (Å²) in [5, 5.41) is 3.44. The summed E-state index contributed by atoms with van der Waals surface area (Å²) in [5.74, 6) is -0.0476. The highest BCUT2D eigenvalue weighted by atomic mass is 16.1. The van der Waals surface area contributed by atoms with Crippen LogP contribution in [-0.4, -0.2) is 26.6 Å². The van der Waals surface area contributed by atoms with Crippen molar-refractivity contribution >= 4 is 16.9 Å². The van der Waals surface area contributed by atoms with E-state index in [1.165, 1.54) is 10.9 Å². The molecule has 3 aromatic rings. The number of nitrogens with zero attached hydrogens (tertiary/aromatic N) is 3. The normalized spacial score (nSPS) is 11.0. The Bertz CT molecular complexity index is 986. The third-order valence-electron chi connectivity index (χ3n) is 4.65. The zero-order valence-electron chi connectivity index (χ0n) is 15.5. The molecule has 0 spiro atoms. The maximum atomic E-state index is 13.0. The van der Waals surface area contributed by atoms with Gasteiger partial charge in [0.1, 0.15) is 0 Å². The molecule has 136 valence electrons. The van der Waals surface area contributed by atoms with E-state index in [0.717, 1.165) is 23.4 Å². The average Bonchev–Trinajstić information content (AvgIpc) is 2.91. The van der Waals surface area contributed by atoms with Gasteiger partial charge in [0, 0.05) is 30.9 Å². The molecule has 1 aromatic carbocycles. The first-order chi connectivity index (χ1) is 12.5. The second kappa shape index (κ2) is 7.56. The van der Waals surface area contributed by atoms with E-state index in [9.17, 15) is 9.59 Å². The van der Waals surface area contributed by atoms with Gasteiger partial charge in [0.2, 0.25) is 5.91 Å². The van der Waals surface area contributed by atoms with Crippen molar-refractivity contribution in [1.29, 1.82) is 0 Å². The highest BCUT2D eigenvalue weighted by molar-refractivity contribution is 5.83. The smallest absolute Gasteiger partial charge is 0.263 e. The molecule has 0 bridgehead atoms. The van der Waals surface area contributed by atoms with Crippen LogP contribution in [0.5, 0.6) is 0 Å². The van der Waals surface area contributed by atoms with Gasteiger partial charge in [0.05, 0.1) is 11.7 Å². The number of benzene rings is 1. The number of carbonyl (C=O) groups excluding carboxylic acids is 1. The molecule has 0 atom stereocenters. The topological polar surface area (TPSA) is 68.9 Å². The largest absolute Gasteiger partial charge is 0.356 e. The zero-order valence-corrected chi connectivity index (χ0v) is 15.5. The summed E-state index contributed by atoms with van der Waals surface area (Å²) in [6.45, 7) is 6.92. The van der Waals surface area contributed by atoms with Crippen LogP contribution >= 0.6 is 0 Å². The van der Waals surface area contributed by atoms with E-state index in [4.69, 9.17) is 0 Å². The Balaban J connectivity index is 1.99. The van der Waals surface area contributed by atoms with Crippen LogP contribution in [0.2, 0.25) is 0 Å². The number of para-hydroxylation sites is 1. The van der Waals surface area contributed by atoms with E-state index < -0.39 is 0 Å². The minimum absolute atomic E-state index is 0.0476. The molecule has 26 heavy (non-hydrogen) atoms. The summed E-state index contributed by atoms with van der Waals surface area (Å²) < 4.78 is 3.53. The number of carbonyl (C=O) groups is 1. The standard InChI is InChI=1S/C20H24N4O2/c1-4-11-21-17(25)10-12-23-13-22-19-18(20(23)26)14(2)15(3)24(19)16-8-6-5-7-9-16/h5-9,13H,4,10-12H2,1-3H3,(H,21,25). The number of hydrogen-bond acceptors (Lipinski definition) is 3. The molecule has 1 N–H and O–H groups in total. The lowest BCUT2D eigenvalue weighted by molar-refractivity contribution is -0.121. The van der Waals surface area contributed by atoms with Crippen LogP contribution in [0.25, 0.3) is 16.7 Å². The molecule has 6 heteroatoms. The summed E-state index contributed by atoms with van der Waals surface area (Å²) in [6, 6.07) is 9.88. The summed E-state index contributed by atoms with van der Waals surface area (Å²) in [6.07, 6.45) is 2.70. The molecule has 0 aliphatic carbocycles. The van der Waals surface area contributed by atoms with Crippen LogP contribution in [0.1, 0.15) is 31.0 Å². The number of rotatable bonds is 6. The van der Waals surface area contributed by atoms with Crippen molar-refractivity contribution in [3.05, 3.63) is 58.3 Å². The van der Waals surface area contributed by atoms with Crippen LogP contribution in [0.15, 0.2) is 41.5 Å². The Labute approximate surface area is 152 Å². The van der Waals surface area contributed by atoms with Crippen molar-refractivity contribution in [2.24, 2.45) is 0 Å². The monoisotopic (exact) mass is 352 g/mol. The maximum Gasteiger partial charge on any atom is 0.263 e. The quantitative estimate of drug-likeness (QED) is 0.742. The van der Waals surface area contributed by atoms with Gasteiger partial charge in [-0.05, 0) is 38.0 Å². The highest BCUT2D eigenvalue weighted by Crippen LogP contribution is 2.24. The summed E-state index contributed by atoms with van der Waals surface area (Å²) in [4.78, 5) is 29.3. The van der Waals surface area contributed by atoms with Crippen molar-refractivity contribution in [2.75, 3.05) is 6.54 Å². The minimum Gasteiger partial charge on any atom is -0.356 e. The van der Waals surface area contributed by atoms with E-state index in [0.29, 0.717) is 24.1 Å². The van der Waals surface area contributed by atoms with Crippen molar-refractivity contribution in [3.63, 3.8) is 0 Å². The van der Waals surface area contributed by atoms with Crippen molar-refractivity contribution < 1.29 is 4.79 Å². The number of hydrogen-bond donors (Lipinski definition) is 1. The second-order valence-corrected chi connectivity index (χ2v) is 6.42. The Morgan fingerprint density at radius 2 is 1.92 bits per heavy atom. The van der Waals surface area contributed by atoms with Crippen LogP contribution in [-0.2, 0) is 11.3 Å². The van der Waals surface area contributed by atoms with Gasteiger partial charge in [-0.1, -0.05) is 25.1 Å². The predicted octanol–water partition coefficient (Wildman–Crippen LogP) is 2.72. The number of fused-ring (bicyclic) bond motifs is 1. The molecule has 0 radical (unpaired) electrons. The fraction of sp³-hybridized carbons (Fsp3) is 0.350. The minimum atomic E-state index is -0.103. The van der Waals surface area contributed by atoms with E-state index in [-0.39, 0.29) is 17.9 Å². The lowest BCUT2D eigenvalue weighted by atomic mass is 10.2. The second-order valence-electron chi connectivity index (χ2n) is 6.42. The van der Waals surface area contributed by atoms with Gasteiger partial charge in [-0.25, -0.2) is 4.98 Å². The van der Waals surface area contributed by atoms with E-state index in [1.54, 1.807) is 0 Å². The molecule has 2 heterocycles. The molecule has 0 saturated carbocycles. The predicted molar refractivity (Wildman–Crippen MR) is 103 cm³/mol. The molecule has 6 nitrogen and oxygen atoms in total. The van der Waals surface area contributed by atoms with Crippen LogP contribution in [0, 0.1) is 13.8 Å². The first kappa shape index (κ1) is 17.9. The van der Waals surface area contributed by atoms with Gasteiger partial charge in [-0.3, -0.25) is 18.7 Å². The van der Waals surface area contributed by atoms with Gasteiger partial charge in [0.15, 0.2) is 5.65 Å². The molecule has 1 amide bonds. The lowest BCUT2D eigenvalue weighted by Gasteiger charge is -2.09. The van der Waals surface area contributed by atoms with Crippen molar-refractivity contribution in [3.8, 4) is 5.69 Å². The third-order valence-corrected chi connectivity index (χ3v) is 4.65. The maximum absolute atomic E-state index is 13.0. The van der Waals surface area contributed by atoms with Gasteiger partial charge < -0.3 is 5.32 Å². The van der Waals surface area contributed by atoms with Gasteiger partial charge >= 0.3 is 0 Å². The SMILES string of the molecule is CCCNC(=O)CCn1cnc2c(c(C)c(C)n2-c2ccccc2)c1=O. The van der Waals surface area contributed by atoms with Gasteiger partial charge in [-0.2, -0.15) is 0 Å². The summed E-state index contributed by atoms with van der Waals surface area (Å²) in [5.41, 5.74) is 3.45. The average molecular weight is 352 g/mol. The molecule has 2 aromatic heterocycles. The Hall–Kier alpha value is -2.89. The number of amides is 1. The molecule has 0 aliphatic rings. The summed E-state index contributed by atoms with van der Waals surface area (Å²) in [7, 11) is 0. The number of aryl methyl sites for hydroxylation is 2. The first-order valence-electron chi connectivity index (χ1n) is 8.93. The molecular weight excluding hydrogens is 328 g/mol. The van der Waals surface area contributed by atoms with Gasteiger partial charge in [-0.15, -0.1) is 0 Å². The lowest BCUT2D eigenvalue weighted by Crippen LogP contribution is -2.28. The van der Waals surface area contributed by atoms with E-state index >= 15 is 0 Å². The van der Waals surface area contributed by atoms with Crippen molar-refractivity contribution in [2.45, 2.75) is 40.2 Å². The highest BCUT2D eigenvalue weighted by Gasteiger charge is 2.17. The number of aromatic nitrogens is 3. The summed E-state index contributed by atoms with van der Waals surface area (Å²) >= 11 is 0. The molecule has 0 fully saturated rings. The first-order valence-corrected chi connectivity index (χ1v) is 8.93. The zero-order chi connectivity index (χ0) is 18.7. The third kappa shape index (κ3) is 3.27.